The Kier molecular flexibility index (Phi) is 4.66. The van der Waals surface area contributed by atoms with Crippen molar-refractivity contribution >= 4 is 40.4 Å². The molecule has 4 rings (SSSR count). The van der Waals surface area contributed by atoms with Crippen molar-refractivity contribution in [3.8, 4) is 5.75 Å². The van der Waals surface area contributed by atoms with Crippen LogP contribution in [0.15, 0.2) is 36.5 Å². The maximum Gasteiger partial charge on any atom is 0.229 e. The molecule has 0 unspecified atom stereocenters. The van der Waals surface area contributed by atoms with Gasteiger partial charge in [0.25, 0.3) is 0 Å². The monoisotopic (exact) mass is 400 g/mol. The Labute approximate surface area is 166 Å². The summed E-state index contributed by atoms with van der Waals surface area (Å²) in [7, 11) is 1.92. The number of hydrogen-bond donors (Lipinski definition) is 4. The summed E-state index contributed by atoms with van der Waals surface area (Å²) >= 11 is 6.00. The van der Waals surface area contributed by atoms with Crippen molar-refractivity contribution in [3.63, 3.8) is 0 Å². The van der Waals surface area contributed by atoms with Crippen LogP contribution in [0.4, 0.5) is 33.2 Å². The van der Waals surface area contributed by atoms with Crippen LogP contribution in [0.1, 0.15) is 11.1 Å². The number of benzene rings is 2. The van der Waals surface area contributed by atoms with Gasteiger partial charge in [-0.15, -0.1) is 0 Å². The summed E-state index contributed by atoms with van der Waals surface area (Å²) in [5.41, 5.74) is 7.29. The predicted octanol–water partition coefficient (Wildman–Crippen LogP) is 4.22. The molecular formula is C19H18ClFN6O. The Bertz CT molecular complexity index is 1040. The highest BCUT2D eigenvalue weighted by molar-refractivity contribution is 6.32. The number of hydrogen-bond acceptors (Lipinski definition) is 7. The number of phenols is 1. The predicted molar refractivity (Wildman–Crippen MR) is 108 cm³/mol. The Balaban J connectivity index is 1.59. The number of halogens is 2. The molecule has 1 aliphatic heterocycles. The number of rotatable bonds is 4. The number of fused-ring (bicyclic) bond motifs is 1. The Morgan fingerprint density at radius 3 is 2.82 bits per heavy atom. The van der Waals surface area contributed by atoms with Crippen LogP contribution in [0, 0.1) is 12.7 Å². The van der Waals surface area contributed by atoms with E-state index in [9.17, 15) is 9.50 Å². The summed E-state index contributed by atoms with van der Waals surface area (Å²) in [6.45, 7) is 2.49. The molecule has 4 N–H and O–H groups in total. The molecule has 0 aliphatic carbocycles. The van der Waals surface area contributed by atoms with Gasteiger partial charge in [0.15, 0.2) is 11.6 Å². The third kappa shape index (κ3) is 3.51. The molecule has 7 nitrogen and oxygen atoms in total. The van der Waals surface area contributed by atoms with Crippen molar-refractivity contribution in [1.29, 1.82) is 0 Å². The molecule has 0 amide bonds. The van der Waals surface area contributed by atoms with Gasteiger partial charge in [-0.25, -0.2) is 14.8 Å². The van der Waals surface area contributed by atoms with E-state index in [0.29, 0.717) is 16.9 Å². The number of aromatic hydroxyl groups is 1. The first-order valence-corrected chi connectivity index (χ1v) is 8.94. The number of anilines is 5. The van der Waals surface area contributed by atoms with Gasteiger partial charge >= 0.3 is 0 Å². The number of hydrazine groups is 1. The lowest BCUT2D eigenvalue weighted by Crippen LogP contribution is -2.26. The molecule has 3 aromatic rings. The lowest BCUT2D eigenvalue weighted by atomic mass is 10.1. The summed E-state index contributed by atoms with van der Waals surface area (Å²) < 4.78 is 14.2. The molecule has 1 aliphatic rings. The zero-order valence-corrected chi connectivity index (χ0v) is 16.0. The highest BCUT2D eigenvalue weighted by Gasteiger charge is 2.16. The molecule has 144 valence electrons. The van der Waals surface area contributed by atoms with Gasteiger partial charge in [0.1, 0.15) is 5.75 Å². The smallest absolute Gasteiger partial charge is 0.229 e. The Hall–Kier alpha value is -3.10. The second-order valence-corrected chi connectivity index (χ2v) is 6.91. The summed E-state index contributed by atoms with van der Waals surface area (Å²) in [6.07, 6.45) is 1.09. The third-order valence-corrected chi connectivity index (χ3v) is 4.76. The van der Waals surface area contributed by atoms with Crippen molar-refractivity contribution in [2.24, 2.45) is 0 Å². The van der Waals surface area contributed by atoms with Gasteiger partial charge in [0.2, 0.25) is 5.95 Å². The summed E-state index contributed by atoms with van der Waals surface area (Å²) in [5.74, 6) is -0.305. The molecule has 0 saturated carbocycles. The van der Waals surface area contributed by atoms with Crippen LogP contribution in [0.5, 0.6) is 5.75 Å². The zero-order chi connectivity index (χ0) is 19.8. The topological polar surface area (TPSA) is 85.3 Å². The normalized spacial score (nSPS) is 12.8. The summed E-state index contributed by atoms with van der Waals surface area (Å²) in [6, 6.07) is 9.02. The molecule has 0 spiro atoms. The van der Waals surface area contributed by atoms with Crippen LogP contribution in [-0.4, -0.2) is 22.1 Å². The zero-order valence-electron chi connectivity index (χ0n) is 15.2. The lowest BCUT2D eigenvalue weighted by molar-refractivity contribution is 0.471. The van der Waals surface area contributed by atoms with E-state index < -0.39 is 5.82 Å². The van der Waals surface area contributed by atoms with Gasteiger partial charge in [-0.3, -0.25) is 0 Å². The van der Waals surface area contributed by atoms with E-state index in [0.717, 1.165) is 24.0 Å². The van der Waals surface area contributed by atoms with Crippen molar-refractivity contribution in [2.45, 2.75) is 13.5 Å². The van der Waals surface area contributed by atoms with Crippen molar-refractivity contribution in [1.82, 2.24) is 15.4 Å². The standard InChI is InChI=1S/C19H18ClFN6O/c1-10-5-13(6-14(20)17(10)28)25-19-22-9-15(21)18(26-19)24-12-4-3-11-8-23-27(2)16(11)7-12/h3-7,9,23,28H,8H2,1-2H3,(H2,22,24,25,26). The molecule has 0 bridgehead atoms. The van der Waals surface area contributed by atoms with E-state index in [4.69, 9.17) is 11.6 Å². The van der Waals surface area contributed by atoms with Gasteiger partial charge in [0.05, 0.1) is 16.9 Å². The fourth-order valence-corrected chi connectivity index (χ4v) is 3.25. The van der Waals surface area contributed by atoms with Crippen LogP contribution < -0.4 is 21.1 Å². The molecule has 2 heterocycles. The molecule has 0 fully saturated rings. The molecular weight excluding hydrogens is 383 g/mol. The summed E-state index contributed by atoms with van der Waals surface area (Å²) in [5, 5.41) is 17.9. The Morgan fingerprint density at radius 2 is 2.04 bits per heavy atom. The fourth-order valence-electron chi connectivity index (χ4n) is 2.98. The number of nitrogens with one attached hydrogen (secondary N) is 3. The highest BCUT2D eigenvalue weighted by Crippen LogP contribution is 2.32. The van der Waals surface area contributed by atoms with Gasteiger partial charge in [-0.2, -0.15) is 4.98 Å². The first-order valence-electron chi connectivity index (χ1n) is 8.56. The van der Waals surface area contributed by atoms with Gasteiger partial charge < -0.3 is 20.7 Å². The van der Waals surface area contributed by atoms with E-state index in [2.05, 4.69) is 26.0 Å². The number of phenolic OH excluding ortho intramolecular Hbond substituents is 1. The van der Waals surface area contributed by atoms with E-state index in [1.54, 1.807) is 19.1 Å². The first kappa shape index (κ1) is 18.3. The quantitative estimate of drug-likeness (QED) is 0.488. The average Bonchev–Trinajstić information content (AvgIpc) is 3.03. The molecule has 1 aromatic heterocycles. The molecule has 0 atom stereocenters. The Morgan fingerprint density at radius 1 is 1.21 bits per heavy atom. The van der Waals surface area contributed by atoms with Crippen molar-refractivity contribution in [2.75, 3.05) is 22.7 Å². The SMILES string of the molecule is Cc1cc(Nc2ncc(F)c(Nc3ccc4c(c3)N(C)NC4)n2)cc(Cl)c1O. The van der Waals surface area contributed by atoms with E-state index in [-0.39, 0.29) is 22.5 Å². The average molecular weight is 401 g/mol. The van der Waals surface area contributed by atoms with Gasteiger partial charge in [0, 0.05) is 25.0 Å². The lowest BCUT2D eigenvalue weighted by Gasteiger charge is -2.14. The second-order valence-electron chi connectivity index (χ2n) is 6.50. The number of nitrogens with zero attached hydrogens (tertiary/aromatic N) is 3. The van der Waals surface area contributed by atoms with Crippen LogP contribution in [0.2, 0.25) is 5.02 Å². The van der Waals surface area contributed by atoms with Crippen LogP contribution in [0.25, 0.3) is 0 Å². The van der Waals surface area contributed by atoms with E-state index in [1.807, 2.05) is 30.3 Å². The third-order valence-electron chi connectivity index (χ3n) is 4.47. The van der Waals surface area contributed by atoms with Gasteiger partial charge in [-0.05, 0) is 42.3 Å². The maximum absolute atomic E-state index is 14.2. The molecule has 9 heteroatoms. The fraction of sp³-hybridized carbons (Fsp3) is 0.158. The van der Waals surface area contributed by atoms with Gasteiger partial charge in [-0.1, -0.05) is 17.7 Å². The number of aryl methyl sites for hydroxylation is 1. The van der Waals surface area contributed by atoms with E-state index >= 15 is 0 Å². The minimum absolute atomic E-state index is 0.0191. The van der Waals surface area contributed by atoms with Crippen LogP contribution in [-0.2, 0) is 6.54 Å². The van der Waals surface area contributed by atoms with Crippen LogP contribution in [0.3, 0.4) is 0 Å². The van der Waals surface area contributed by atoms with Crippen molar-refractivity contribution in [3.05, 3.63) is 58.5 Å². The highest BCUT2D eigenvalue weighted by atomic mass is 35.5. The first-order chi connectivity index (χ1) is 13.4. The molecule has 28 heavy (non-hydrogen) atoms. The summed E-state index contributed by atoms with van der Waals surface area (Å²) in [4.78, 5) is 8.18. The maximum atomic E-state index is 14.2. The van der Waals surface area contributed by atoms with Crippen LogP contribution >= 0.6 is 11.6 Å². The molecule has 2 aromatic carbocycles. The second kappa shape index (κ2) is 7.14. The minimum Gasteiger partial charge on any atom is -0.506 e. The number of aromatic nitrogens is 2. The minimum atomic E-state index is -0.572. The molecule has 0 radical (unpaired) electrons. The molecule has 0 saturated heterocycles. The van der Waals surface area contributed by atoms with E-state index in [1.165, 1.54) is 0 Å². The van der Waals surface area contributed by atoms with Crippen molar-refractivity contribution < 1.29 is 9.50 Å². The largest absolute Gasteiger partial charge is 0.506 e.